The van der Waals surface area contributed by atoms with Gasteiger partial charge in [0.25, 0.3) is 5.91 Å². The molecule has 1 saturated carbocycles. The molecule has 1 aliphatic carbocycles. The molecule has 6 heteroatoms. The molecule has 1 aromatic rings. The van der Waals surface area contributed by atoms with Crippen LogP contribution in [0, 0.1) is 5.92 Å². The first-order chi connectivity index (χ1) is 12.9. The third kappa shape index (κ3) is 4.49. The van der Waals surface area contributed by atoms with Crippen LogP contribution >= 0.6 is 0 Å². The summed E-state index contributed by atoms with van der Waals surface area (Å²) >= 11 is 0. The molecule has 2 aliphatic rings. The highest BCUT2D eigenvalue weighted by atomic mass is 16.2. The number of imide groups is 1. The number of rotatable bonds is 6. The number of carbonyl (C=O) groups excluding carboxylic acids is 3. The van der Waals surface area contributed by atoms with Gasteiger partial charge in [-0.15, -0.1) is 0 Å². The number of urea groups is 1. The highest BCUT2D eigenvalue weighted by Gasteiger charge is 2.52. The summed E-state index contributed by atoms with van der Waals surface area (Å²) in [6.45, 7) is 3.89. The van der Waals surface area contributed by atoms with Crippen LogP contribution in [0.4, 0.5) is 4.79 Å². The number of nitrogens with one attached hydrogen (secondary N) is 2. The highest BCUT2D eigenvalue weighted by Crippen LogP contribution is 2.36. The van der Waals surface area contributed by atoms with Crippen molar-refractivity contribution in [3.8, 4) is 0 Å². The summed E-state index contributed by atoms with van der Waals surface area (Å²) in [6.07, 6.45) is 4.82. The van der Waals surface area contributed by atoms with Crippen molar-refractivity contribution in [3.63, 3.8) is 0 Å². The third-order valence-electron chi connectivity index (χ3n) is 5.79. The standard InChI is InChI=1S/C21H29N3O3/c1-15-10-12-21(13-11-15)19(26)24(20(27)23-21)14-18(25)22-16(2)8-9-17-6-4-3-5-7-17/h3-7,15-16H,8-14H2,1-2H3,(H,22,25)(H,23,27)/t15?,16-,21?/m0/s1. The lowest BCUT2D eigenvalue weighted by molar-refractivity contribution is -0.136. The van der Waals surface area contributed by atoms with Crippen molar-refractivity contribution >= 4 is 17.8 Å². The smallest absolute Gasteiger partial charge is 0.325 e. The molecule has 1 atom stereocenters. The van der Waals surface area contributed by atoms with Crippen LogP contribution < -0.4 is 10.6 Å². The van der Waals surface area contributed by atoms with E-state index in [0.29, 0.717) is 18.8 Å². The molecule has 0 aromatic heterocycles. The average molecular weight is 371 g/mol. The molecule has 3 rings (SSSR count). The first kappa shape index (κ1) is 19.4. The molecule has 1 heterocycles. The Hall–Kier alpha value is -2.37. The van der Waals surface area contributed by atoms with Crippen molar-refractivity contribution in [2.24, 2.45) is 5.92 Å². The van der Waals surface area contributed by atoms with Gasteiger partial charge in [-0.25, -0.2) is 4.79 Å². The molecule has 27 heavy (non-hydrogen) atoms. The zero-order valence-electron chi connectivity index (χ0n) is 16.2. The van der Waals surface area contributed by atoms with Crippen LogP contribution in [0.3, 0.4) is 0 Å². The second-order valence-electron chi connectivity index (χ2n) is 8.08. The zero-order valence-corrected chi connectivity index (χ0v) is 16.2. The van der Waals surface area contributed by atoms with Gasteiger partial charge in [0.2, 0.25) is 5.91 Å². The molecule has 2 N–H and O–H groups in total. The van der Waals surface area contributed by atoms with E-state index in [1.54, 1.807) is 0 Å². The molecule has 0 bridgehead atoms. The van der Waals surface area contributed by atoms with Crippen LogP contribution in [0.5, 0.6) is 0 Å². The maximum Gasteiger partial charge on any atom is 0.325 e. The molecule has 0 radical (unpaired) electrons. The van der Waals surface area contributed by atoms with Gasteiger partial charge in [-0.1, -0.05) is 37.3 Å². The van der Waals surface area contributed by atoms with Crippen molar-refractivity contribution in [2.75, 3.05) is 6.54 Å². The van der Waals surface area contributed by atoms with Crippen molar-refractivity contribution in [2.45, 2.75) is 64.0 Å². The largest absolute Gasteiger partial charge is 0.352 e. The molecule has 1 aromatic carbocycles. The lowest BCUT2D eigenvalue weighted by Gasteiger charge is -2.33. The minimum absolute atomic E-state index is 0.0250. The topological polar surface area (TPSA) is 78.5 Å². The summed E-state index contributed by atoms with van der Waals surface area (Å²) in [5.41, 5.74) is 0.434. The van der Waals surface area contributed by atoms with Gasteiger partial charge in [-0.3, -0.25) is 14.5 Å². The van der Waals surface area contributed by atoms with E-state index >= 15 is 0 Å². The molecule has 4 amide bonds. The Labute approximate surface area is 160 Å². The maximum absolute atomic E-state index is 12.8. The van der Waals surface area contributed by atoms with Gasteiger partial charge < -0.3 is 10.6 Å². The summed E-state index contributed by atoms with van der Waals surface area (Å²) in [4.78, 5) is 38.5. The van der Waals surface area contributed by atoms with E-state index < -0.39 is 11.6 Å². The maximum atomic E-state index is 12.8. The van der Waals surface area contributed by atoms with E-state index in [1.165, 1.54) is 5.56 Å². The second kappa shape index (κ2) is 8.11. The van der Waals surface area contributed by atoms with Gasteiger partial charge in [-0.2, -0.15) is 0 Å². The van der Waals surface area contributed by atoms with Crippen molar-refractivity contribution in [3.05, 3.63) is 35.9 Å². The summed E-state index contributed by atoms with van der Waals surface area (Å²) < 4.78 is 0. The van der Waals surface area contributed by atoms with Crippen LogP contribution in [0.25, 0.3) is 0 Å². The summed E-state index contributed by atoms with van der Waals surface area (Å²) in [5.74, 6) is 0.0370. The Balaban J connectivity index is 1.50. The SMILES string of the molecule is CC1CCC2(CC1)NC(=O)N(CC(=O)N[C@@H](C)CCc1ccccc1)C2=O. The summed E-state index contributed by atoms with van der Waals surface area (Å²) in [7, 11) is 0. The van der Waals surface area contributed by atoms with E-state index in [9.17, 15) is 14.4 Å². The van der Waals surface area contributed by atoms with Gasteiger partial charge >= 0.3 is 6.03 Å². The van der Waals surface area contributed by atoms with Crippen LogP contribution in [0.15, 0.2) is 30.3 Å². The van der Waals surface area contributed by atoms with Crippen LogP contribution in [0.1, 0.15) is 51.5 Å². The summed E-state index contributed by atoms with van der Waals surface area (Å²) in [6, 6.07) is 9.63. The van der Waals surface area contributed by atoms with E-state index in [-0.39, 0.29) is 24.4 Å². The molecule has 0 unspecified atom stereocenters. The van der Waals surface area contributed by atoms with Gasteiger partial charge in [0, 0.05) is 6.04 Å². The highest BCUT2D eigenvalue weighted by molar-refractivity contribution is 6.09. The average Bonchev–Trinajstić information content (AvgIpc) is 2.88. The zero-order chi connectivity index (χ0) is 19.4. The Morgan fingerprint density at radius 2 is 1.93 bits per heavy atom. The number of nitrogens with zero attached hydrogens (tertiary/aromatic N) is 1. The predicted molar refractivity (Wildman–Crippen MR) is 103 cm³/mol. The van der Waals surface area contributed by atoms with Gasteiger partial charge in [0.05, 0.1) is 0 Å². The van der Waals surface area contributed by atoms with Gasteiger partial charge in [-0.05, 0) is 56.9 Å². The molecule has 6 nitrogen and oxygen atoms in total. The monoisotopic (exact) mass is 371 g/mol. The lowest BCUT2D eigenvalue weighted by Crippen LogP contribution is -2.50. The number of benzene rings is 1. The fourth-order valence-corrected chi connectivity index (χ4v) is 3.98. The van der Waals surface area contributed by atoms with Gasteiger partial charge in [0.15, 0.2) is 0 Å². The number of carbonyl (C=O) groups is 3. The minimum Gasteiger partial charge on any atom is -0.352 e. The fraction of sp³-hybridized carbons (Fsp3) is 0.571. The normalized spacial score (nSPS) is 26.1. The second-order valence-corrected chi connectivity index (χ2v) is 8.08. The summed E-state index contributed by atoms with van der Waals surface area (Å²) in [5, 5.41) is 5.76. The van der Waals surface area contributed by atoms with Crippen LogP contribution in [-0.2, 0) is 16.0 Å². The molecular weight excluding hydrogens is 342 g/mol. The Bertz CT molecular complexity index is 696. The first-order valence-electron chi connectivity index (χ1n) is 9.87. The Morgan fingerprint density at radius 1 is 1.26 bits per heavy atom. The van der Waals surface area contributed by atoms with E-state index in [2.05, 4.69) is 29.7 Å². The number of hydrogen-bond acceptors (Lipinski definition) is 3. The number of hydrogen-bond donors (Lipinski definition) is 2. The number of aryl methyl sites for hydroxylation is 1. The first-order valence-corrected chi connectivity index (χ1v) is 9.87. The van der Waals surface area contributed by atoms with Gasteiger partial charge in [0.1, 0.15) is 12.1 Å². The molecule has 1 spiro atoms. The molecule has 2 fully saturated rings. The molecule has 1 saturated heterocycles. The predicted octanol–water partition coefficient (Wildman–Crippen LogP) is 2.62. The molecule has 1 aliphatic heterocycles. The van der Waals surface area contributed by atoms with Crippen molar-refractivity contribution in [1.29, 1.82) is 0 Å². The Morgan fingerprint density at radius 3 is 2.59 bits per heavy atom. The molecular formula is C21H29N3O3. The van der Waals surface area contributed by atoms with Crippen LogP contribution in [0.2, 0.25) is 0 Å². The lowest BCUT2D eigenvalue weighted by atomic mass is 9.77. The van der Waals surface area contributed by atoms with E-state index in [1.807, 2.05) is 25.1 Å². The quantitative estimate of drug-likeness (QED) is 0.755. The minimum atomic E-state index is -0.789. The third-order valence-corrected chi connectivity index (χ3v) is 5.79. The van der Waals surface area contributed by atoms with Crippen molar-refractivity contribution in [1.82, 2.24) is 15.5 Å². The number of amides is 4. The van der Waals surface area contributed by atoms with Crippen molar-refractivity contribution < 1.29 is 14.4 Å². The van der Waals surface area contributed by atoms with E-state index in [4.69, 9.17) is 0 Å². The Kier molecular flexibility index (Phi) is 5.82. The molecule has 146 valence electrons. The fourth-order valence-electron chi connectivity index (χ4n) is 3.98. The van der Waals surface area contributed by atoms with Crippen LogP contribution in [-0.4, -0.2) is 40.9 Å². The van der Waals surface area contributed by atoms with E-state index in [0.717, 1.165) is 30.6 Å².